The summed E-state index contributed by atoms with van der Waals surface area (Å²) in [6.45, 7) is 2.15. The Kier molecular flexibility index (Phi) is 6.73. The zero-order valence-corrected chi connectivity index (χ0v) is 18.3. The van der Waals surface area contributed by atoms with Crippen molar-refractivity contribution in [2.24, 2.45) is 0 Å². The minimum atomic E-state index is -0.160. The van der Waals surface area contributed by atoms with Crippen molar-refractivity contribution in [2.45, 2.75) is 12.1 Å². The molecule has 3 aromatic rings. The molecule has 32 heavy (non-hydrogen) atoms. The number of hydrogen-bond acceptors (Lipinski definition) is 5. The van der Waals surface area contributed by atoms with Crippen LogP contribution in [0.1, 0.15) is 34.3 Å². The monoisotopic (exact) mass is 442 g/mol. The van der Waals surface area contributed by atoms with Crippen LogP contribution in [0.3, 0.4) is 0 Å². The molecule has 1 fully saturated rings. The van der Waals surface area contributed by atoms with E-state index in [-0.39, 0.29) is 18.7 Å². The molecule has 0 amide bonds. The molecule has 0 spiro atoms. The Labute approximate surface area is 193 Å². The quantitative estimate of drug-likeness (QED) is 0.621. The molecule has 0 unspecified atom stereocenters. The normalized spacial score (nSPS) is 17.4. The fraction of sp³-hybridized carbons (Fsp3) is 0.231. The van der Waals surface area contributed by atoms with Gasteiger partial charge in [0.25, 0.3) is 0 Å². The van der Waals surface area contributed by atoms with Crippen molar-refractivity contribution in [1.29, 1.82) is 10.5 Å². The molecule has 1 saturated heterocycles. The van der Waals surface area contributed by atoms with Gasteiger partial charge in [-0.1, -0.05) is 54.1 Å². The Morgan fingerprint density at radius 1 is 0.938 bits per heavy atom. The summed E-state index contributed by atoms with van der Waals surface area (Å²) >= 11 is 6.57. The number of halogens is 1. The molecule has 4 rings (SSSR count). The number of piperazine rings is 1. The molecule has 0 aliphatic carbocycles. The van der Waals surface area contributed by atoms with Gasteiger partial charge >= 0.3 is 0 Å². The van der Waals surface area contributed by atoms with Crippen molar-refractivity contribution >= 4 is 17.3 Å². The molecule has 160 valence electrons. The third kappa shape index (κ3) is 4.47. The first-order valence-corrected chi connectivity index (χ1v) is 10.9. The van der Waals surface area contributed by atoms with Gasteiger partial charge in [0, 0.05) is 19.6 Å². The van der Waals surface area contributed by atoms with Crippen molar-refractivity contribution in [3.8, 4) is 12.1 Å². The van der Waals surface area contributed by atoms with Crippen LogP contribution in [0.5, 0.6) is 0 Å². The van der Waals surface area contributed by atoms with Gasteiger partial charge in [-0.2, -0.15) is 10.5 Å². The lowest BCUT2D eigenvalue weighted by molar-refractivity contribution is 0.103. The second-order valence-corrected chi connectivity index (χ2v) is 8.23. The first-order valence-electron chi connectivity index (χ1n) is 10.5. The Morgan fingerprint density at radius 2 is 1.62 bits per heavy atom. The topological polar surface area (TPSA) is 74.3 Å². The maximum absolute atomic E-state index is 10.2. The van der Waals surface area contributed by atoms with Gasteiger partial charge in [-0.15, -0.1) is 0 Å². The van der Waals surface area contributed by atoms with Crippen LogP contribution >= 0.6 is 11.6 Å². The zero-order chi connectivity index (χ0) is 22.5. The molecular weight excluding hydrogens is 420 g/mol. The maximum Gasteiger partial charge on any atom is 0.0992 e. The number of benzene rings is 3. The SMILES string of the molecule is N#Cc1ccc([C@@H](CO)N2CCN(c3ccc(C#N)cc3Cl)[C@H](c3ccccc3)C2)cc1. The van der Waals surface area contributed by atoms with E-state index in [1.807, 2.05) is 36.4 Å². The number of rotatable bonds is 5. The lowest BCUT2D eigenvalue weighted by Crippen LogP contribution is -2.50. The summed E-state index contributed by atoms with van der Waals surface area (Å²) in [5.41, 5.74) is 4.19. The summed E-state index contributed by atoms with van der Waals surface area (Å²) in [6.07, 6.45) is 0. The largest absolute Gasteiger partial charge is 0.394 e. The minimum absolute atomic E-state index is 0.00890. The van der Waals surface area contributed by atoms with E-state index < -0.39 is 0 Å². The maximum atomic E-state index is 10.2. The molecule has 0 aromatic heterocycles. The first-order chi connectivity index (χ1) is 15.6. The highest BCUT2D eigenvalue weighted by Crippen LogP contribution is 2.37. The Hall–Kier alpha value is -3.35. The smallest absolute Gasteiger partial charge is 0.0992 e. The first kappa shape index (κ1) is 21.9. The summed E-state index contributed by atoms with van der Waals surface area (Å²) in [5, 5.41) is 29.1. The number of aliphatic hydroxyl groups excluding tert-OH is 1. The molecule has 1 heterocycles. The van der Waals surface area contributed by atoms with Crippen LogP contribution in [0, 0.1) is 22.7 Å². The molecule has 0 bridgehead atoms. The molecule has 6 heteroatoms. The van der Waals surface area contributed by atoms with Crippen LogP contribution < -0.4 is 4.90 Å². The van der Waals surface area contributed by atoms with Gasteiger partial charge in [0.2, 0.25) is 0 Å². The lowest BCUT2D eigenvalue weighted by atomic mass is 9.97. The molecule has 0 saturated carbocycles. The molecule has 1 aliphatic rings. The standard InChI is InChI=1S/C26H23ClN4O/c27-23-14-20(16-29)8-11-24(23)31-13-12-30(17-25(31)21-4-2-1-3-5-21)26(18-32)22-9-6-19(15-28)7-10-22/h1-11,14,25-26,32H,12-13,17-18H2/t25-,26+/m0/s1. The van der Waals surface area contributed by atoms with Gasteiger partial charge in [0.15, 0.2) is 0 Å². The highest BCUT2D eigenvalue weighted by Gasteiger charge is 2.33. The zero-order valence-electron chi connectivity index (χ0n) is 17.5. The van der Waals surface area contributed by atoms with Gasteiger partial charge in [0.1, 0.15) is 0 Å². The van der Waals surface area contributed by atoms with Gasteiger partial charge < -0.3 is 10.0 Å². The van der Waals surface area contributed by atoms with Crippen molar-refractivity contribution in [3.63, 3.8) is 0 Å². The third-order valence-electron chi connectivity index (χ3n) is 6.02. The number of aliphatic hydroxyl groups is 1. The average molecular weight is 443 g/mol. The highest BCUT2D eigenvalue weighted by atomic mass is 35.5. The molecule has 2 atom stereocenters. The van der Waals surface area contributed by atoms with Gasteiger partial charge in [0.05, 0.1) is 52.7 Å². The number of nitriles is 2. The number of hydrogen-bond donors (Lipinski definition) is 1. The van der Waals surface area contributed by atoms with Crippen molar-refractivity contribution in [1.82, 2.24) is 4.90 Å². The highest BCUT2D eigenvalue weighted by molar-refractivity contribution is 6.33. The summed E-state index contributed by atoms with van der Waals surface area (Å²) in [7, 11) is 0. The Morgan fingerprint density at radius 3 is 2.25 bits per heavy atom. The van der Waals surface area contributed by atoms with E-state index in [1.165, 1.54) is 0 Å². The lowest BCUT2D eigenvalue weighted by Gasteiger charge is -2.46. The molecule has 1 N–H and O–H groups in total. The minimum Gasteiger partial charge on any atom is -0.394 e. The van der Waals surface area contributed by atoms with Crippen LogP contribution in [0.2, 0.25) is 5.02 Å². The molecule has 1 aliphatic heterocycles. The Bertz CT molecular complexity index is 1150. The number of anilines is 1. The summed E-state index contributed by atoms with van der Waals surface area (Å²) in [4.78, 5) is 4.57. The number of nitrogens with zero attached hydrogens (tertiary/aromatic N) is 4. The second-order valence-electron chi connectivity index (χ2n) is 7.82. The summed E-state index contributed by atoms with van der Waals surface area (Å²) in [5.74, 6) is 0. The van der Waals surface area contributed by atoms with E-state index in [0.717, 1.165) is 29.9 Å². The average Bonchev–Trinajstić information content (AvgIpc) is 2.85. The van der Waals surface area contributed by atoms with Crippen LogP contribution in [0.25, 0.3) is 0 Å². The van der Waals surface area contributed by atoms with E-state index in [9.17, 15) is 10.4 Å². The van der Waals surface area contributed by atoms with Crippen molar-refractivity contribution in [2.75, 3.05) is 31.1 Å². The third-order valence-corrected chi connectivity index (χ3v) is 6.32. The molecule has 5 nitrogen and oxygen atoms in total. The summed E-state index contributed by atoms with van der Waals surface area (Å²) in [6, 6.07) is 27.2. The van der Waals surface area contributed by atoms with Crippen molar-refractivity contribution < 1.29 is 5.11 Å². The van der Waals surface area contributed by atoms with Crippen LogP contribution in [0.15, 0.2) is 72.8 Å². The van der Waals surface area contributed by atoms with Crippen LogP contribution in [0.4, 0.5) is 5.69 Å². The van der Waals surface area contributed by atoms with Gasteiger partial charge in [-0.05, 0) is 41.5 Å². The fourth-order valence-corrected chi connectivity index (χ4v) is 4.65. The molecule has 0 radical (unpaired) electrons. The molecular formula is C26H23ClN4O. The second kappa shape index (κ2) is 9.85. The predicted molar refractivity (Wildman–Crippen MR) is 125 cm³/mol. The van der Waals surface area contributed by atoms with Crippen LogP contribution in [-0.4, -0.2) is 36.2 Å². The predicted octanol–water partition coefficient (Wildman–Crippen LogP) is 4.68. The van der Waals surface area contributed by atoms with Crippen LogP contribution in [-0.2, 0) is 0 Å². The van der Waals surface area contributed by atoms with E-state index in [4.69, 9.17) is 16.9 Å². The van der Waals surface area contributed by atoms with Gasteiger partial charge in [-0.25, -0.2) is 0 Å². The summed E-state index contributed by atoms with van der Waals surface area (Å²) < 4.78 is 0. The van der Waals surface area contributed by atoms with E-state index >= 15 is 0 Å². The van der Waals surface area contributed by atoms with Gasteiger partial charge in [-0.3, -0.25) is 4.90 Å². The fourth-order valence-electron chi connectivity index (χ4n) is 4.36. The van der Waals surface area contributed by atoms with E-state index in [2.05, 4.69) is 34.1 Å². The molecule has 3 aromatic carbocycles. The Balaban J connectivity index is 1.66. The van der Waals surface area contributed by atoms with E-state index in [1.54, 1.807) is 24.3 Å². The van der Waals surface area contributed by atoms with Crippen molar-refractivity contribution in [3.05, 3.63) is 100 Å². The van der Waals surface area contributed by atoms with E-state index in [0.29, 0.717) is 22.7 Å².